The molecule has 0 spiro atoms. The van der Waals surface area contributed by atoms with Crippen molar-refractivity contribution in [1.29, 1.82) is 0 Å². The van der Waals surface area contributed by atoms with E-state index < -0.39 is 0 Å². The molecular formula is C14H24NO2P. The molecule has 0 fully saturated rings. The fraction of sp³-hybridized carbons (Fsp3) is 0.500. The number of Topliss-reactive ketones (excluding diaryl/α,β-unsaturated/α-hetero) is 1. The van der Waals surface area contributed by atoms with E-state index in [1.807, 2.05) is 38.1 Å². The Balaban J connectivity index is 0.00000137. The lowest BCUT2D eigenvalue weighted by Gasteiger charge is -2.07. The summed E-state index contributed by atoms with van der Waals surface area (Å²) in [7, 11) is 2.44. The summed E-state index contributed by atoms with van der Waals surface area (Å²) in [5.74, 6) is 1.08. The van der Waals surface area contributed by atoms with Gasteiger partial charge in [0.05, 0.1) is 0 Å². The first kappa shape index (κ1) is 17.1. The molecule has 1 aromatic rings. The predicted octanol–water partition coefficient (Wildman–Crippen LogP) is 2.99. The summed E-state index contributed by atoms with van der Waals surface area (Å²) in [5.41, 5.74) is 1.14. The molecule has 0 heterocycles. The van der Waals surface area contributed by atoms with E-state index >= 15 is 0 Å². The molecule has 0 saturated heterocycles. The lowest BCUT2D eigenvalue weighted by molar-refractivity contribution is -0.116. The molecule has 102 valence electrons. The second kappa shape index (κ2) is 11.2. The Hall–Kier alpha value is -0.920. The molecule has 3 nitrogen and oxygen atoms in total. The van der Waals surface area contributed by atoms with Crippen molar-refractivity contribution >= 4 is 15.2 Å². The number of ether oxygens (including phenoxy) is 1. The van der Waals surface area contributed by atoms with Gasteiger partial charge < -0.3 is 9.53 Å². The highest BCUT2D eigenvalue weighted by Crippen LogP contribution is 2.14. The van der Waals surface area contributed by atoms with Gasteiger partial charge in [0.25, 0.3) is 0 Å². The van der Waals surface area contributed by atoms with E-state index in [9.17, 15) is 4.79 Å². The number of ketones is 1. The lowest BCUT2D eigenvalue weighted by Crippen LogP contribution is -2.11. The molecule has 0 amide bonds. The van der Waals surface area contributed by atoms with Gasteiger partial charge in [0.15, 0.2) is 0 Å². The molecule has 0 bridgehead atoms. The van der Waals surface area contributed by atoms with E-state index in [4.69, 9.17) is 4.74 Å². The topological polar surface area (TPSA) is 38.3 Å². The van der Waals surface area contributed by atoms with E-state index in [-0.39, 0.29) is 5.78 Å². The van der Waals surface area contributed by atoms with Gasteiger partial charge >= 0.3 is 0 Å². The normalized spacial score (nSPS) is 9.33. The Kier molecular flexibility index (Phi) is 10.6. The van der Waals surface area contributed by atoms with Crippen LogP contribution >= 0.6 is 9.39 Å². The van der Waals surface area contributed by atoms with Gasteiger partial charge in [-0.05, 0) is 31.0 Å². The first-order chi connectivity index (χ1) is 8.72. The fourth-order valence-corrected chi connectivity index (χ4v) is 1.46. The molecule has 0 aromatic heterocycles. The van der Waals surface area contributed by atoms with Gasteiger partial charge in [0.2, 0.25) is 0 Å². The second-order valence-electron chi connectivity index (χ2n) is 3.65. The molecular weight excluding hydrogens is 245 g/mol. The zero-order chi connectivity index (χ0) is 13.8. The van der Waals surface area contributed by atoms with Gasteiger partial charge in [-0.3, -0.25) is 5.09 Å². The van der Waals surface area contributed by atoms with Crippen LogP contribution in [0, 0.1) is 0 Å². The summed E-state index contributed by atoms with van der Waals surface area (Å²) in [6.45, 7) is 7.05. The maximum absolute atomic E-state index is 10.9. The van der Waals surface area contributed by atoms with Crippen LogP contribution in [-0.2, 0) is 11.2 Å². The molecule has 0 aliphatic carbocycles. The van der Waals surface area contributed by atoms with Gasteiger partial charge in [-0.1, -0.05) is 35.4 Å². The Morgan fingerprint density at radius 3 is 2.72 bits per heavy atom. The number of aryl methyl sites for hydroxylation is 1. The Morgan fingerprint density at radius 1 is 1.39 bits per heavy atom. The zero-order valence-corrected chi connectivity index (χ0v) is 12.7. The summed E-state index contributed by atoms with van der Waals surface area (Å²) < 4.78 is 5.53. The molecule has 1 unspecified atom stereocenters. The van der Waals surface area contributed by atoms with Crippen molar-refractivity contribution < 1.29 is 9.53 Å². The van der Waals surface area contributed by atoms with Crippen molar-refractivity contribution in [3.8, 4) is 5.75 Å². The van der Waals surface area contributed by atoms with Crippen molar-refractivity contribution in [2.75, 3.05) is 13.2 Å². The summed E-state index contributed by atoms with van der Waals surface area (Å²) in [6.07, 6.45) is 1.38. The van der Waals surface area contributed by atoms with Crippen molar-refractivity contribution in [2.45, 2.75) is 33.6 Å². The van der Waals surface area contributed by atoms with Crippen LogP contribution < -0.4 is 9.82 Å². The van der Waals surface area contributed by atoms with Crippen molar-refractivity contribution in [3.05, 3.63) is 29.8 Å². The molecule has 18 heavy (non-hydrogen) atoms. The lowest BCUT2D eigenvalue weighted by atomic mass is 10.1. The van der Waals surface area contributed by atoms with E-state index in [0.717, 1.165) is 24.3 Å². The van der Waals surface area contributed by atoms with Crippen molar-refractivity contribution in [1.82, 2.24) is 5.09 Å². The van der Waals surface area contributed by atoms with Gasteiger partial charge in [-0.25, -0.2) is 0 Å². The first-order valence-electron chi connectivity index (χ1n) is 6.37. The molecule has 0 aliphatic heterocycles. The van der Waals surface area contributed by atoms with Gasteiger partial charge in [-0.15, -0.1) is 0 Å². The van der Waals surface area contributed by atoms with Crippen LogP contribution in [0.2, 0.25) is 0 Å². The number of nitrogens with one attached hydrogen (secondary N) is 1. The molecule has 1 aromatic carbocycles. The standard InChI is InChI=1S/C12H18NO2P.C2H6/c1-10(14)5-6-11-3-2-4-12(9-11)15-8-7-13-16;1-2/h2-4,9,13H,5-8,16H2,1H3;1-2H3. The van der Waals surface area contributed by atoms with Crippen molar-refractivity contribution in [3.63, 3.8) is 0 Å². The number of carbonyl (C=O) groups excluding carboxylic acids is 1. The van der Waals surface area contributed by atoms with Crippen LogP contribution in [0.4, 0.5) is 0 Å². The second-order valence-corrected chi connectivity index (χ2v) is 4.06. The maximum atomic E-state index is 10.9. The van der Waals surface area contributed by atoms with E-state index in [1.165, 1.54) is 0 Å². The summed E-state index contributed by atoms with van der Waals surface area (Å²) in [5, 5.41) is 2.94. The minimum absolute atomic E-state index is 0.221. The molecule has 1 atom stereocenters. The molecule has 4 heteroatoms. The van der Waals surface area contributed by atoms with E-state index in [2.05, 4.69) is 14.5 Å². The number of benzene rings is 1. The van der Waals surface area contributed by atoms with Gasteiger partial charge in [0.1, 0.15) is 18.1 Å². The average molecular weight is 269 g/mol. The smallest absolute Gasteiger partial charge is 0.130 e. The van der Waals surface area contributed by atoms with Crippen LogP contribution in [0.1, 0.15) is 32.8 Å². The fourth-order valence-electron chi connectivity index (χ4n) is 1.34. The number of carbonyl (C=O) groups is 1. The molecule has 1 N–H and O–H groups in total. The van der Waals surface area contributed by atoms with Crippen molar-refractivity contribution in [2.24, 2.45) is 0 Å². The van der Waals surface area contributed by atoms with Crippen LogP contribution in [0.5, 0.6) is 5.75 Å². The highest BCUT2D eigenvalue weighted by molar-refractivity contribution is 7.13. The number of rotatable bonds is 7. The largest absolute Gasteiger partial charge is 0.492 e. The predicted molar refractivity (Wildman–Crippen MR) is 80.0 cm³/mol. The molecule has 0 saturated carbocycles. The maximum Gasteiger partial charge on any atom is 0.130 e. The monoisotopic (exact) mass is 269 g/mol. The average Bonchev–Trinajstić information content (AvgIpc) is 2.40. The Bertz CT molecular complexity index is 342. The summed E-state index contributed by atoms with van der Waals surface area (Å²) in [4.78, 5) is 10.9. The highest BCUT2D eigenvalue weighted by atomic mass is 31.0. The van der Waals surface area contributed by atoms with Crippen LogP contribution in [0.25, 0.3) is 0 Å². The molecule has 0 aliphatic rings. The van der Waals surface area contributed by atoms with Gasteiger partial charge in [0, 0.05) is 13.0 Å². The van der Waals surface area contributed by atoms with Crippen LogP contribution in [0.15, 0.2) is 24.3 Å². The van der Waals surface area contributed by atoms with Gasteiger partial charge in [-0.2, -0.15) is 0 Å². The first-order valence-corrected chi connectivity index (χ1v) is 6.94. The third-order valence-corrected chi connectivity index (χ3v) is 2.47. The summed E-state index contributed by atoms with van der Waals surface area (Å²) >= 11 is 0. The third kappa shape index (κ3) is 8.21. The number of hydrogen-bond donors (Lipinski definition) is 1. The number of hydrogen-bond acceptors (Lipinski definition) is 3. The minimum atomic E-state index is 0.221. The molecule has 0 radical (unpaired) electrons. The van der Waals surface area contributed by atoms with E-state index in [0.29, 0.717) is 13.0 Å². The Morgan fingerprint density at radius 2 is 2.11 bits per heavy atom. The SMILES string of the molecule is CC.CC(=O)CCc1cccc(OCCNP)c1. The third-order valence-electron chi connectivity index (χ3n) is 2.18. The Labute approximate surface area is 113 Å². The minimum Gasteiger partial charge on any atom is -0.492 e. The van der Waals surface area contributed by atoms with Crippen LogP contribution in [0.3, 0.4) is 0 Å². The van der Waals surface area contributed by atoms with E-state index in [1.54, 1.807) is 6.92 Å². The highest BCUT2D eigenvalue weighted by Gasteiger charge is 1.99. The van der Waals surface area contributed by atoms with Crippen LogP contribution in [-0.4, -0.2) is 18.9 Å². The summed E-state index contributed by atoms with van der Waals surface area (Å²) in [6, 6.07) is 7.90. The quantitative estimate of drug-likeness (QED) is 0.611. The zero-order valence-electron chi connectivity index (χ0n) is 11.5. The molecule has 1 rings (SSSR count).